The number of nitrogens with zero attached hydrogens (tertiary/aromatic N) is 4. The van der Waals surface area contributed by atoms with Crippen molar-refractivity contribution >= 4 is 11.6 Å². The van der Waals surface area contributed by atoms with Crippen LogP contribution in [-0.2, 0) is 0 Å². The van der Waals surface area contributed by atoms with Crippen LogP contribution in [0.25, 0.3) is 11.1 Å². The first kappa shape index (κ1) is 23.7. The van der Waals surface area contributed by atoms with Crippen molar-refractivity contribution in [3.05, 3.63) is 71.6 Å². The molecule has 2 aromatic heterocycles. The first-order valence-corrected chi connectivity index (χ1v) is 10.8. The van der Waals surface area contributed by atoms with Gasteiger partial charge in [-0.15, -0.1) is 0 Å². The molecule has 3 aromatic rings. The maximum absolute atomic E-state index is 14.7. The Morgan fingerprint density at radius 3 is 2.32 bits per heavy atom. The highest BCUT2D eigenvalue weighted by Crippen LogP contribution is 2.40. The molecule has 3 heterocycles. The Bertz CT molecular complexity index is 1210. The summed E-state index contributed by atoms with van der Waals surface area (Å²) >= 11 is 0. The third-order valence-electron chi connectivity index (χ3n) is 5.70. The van der Waals surface area contributed by atoms with Gasteiger partial charge in [-0.2, -0.15) is 0 Å². The number of amides is 1. The monoisotopic (exact) mass is 473 g/mol. The fourth-order valence-corrected chi connectivity index (χ4v) is 3.79. The number of carbonyl (C=O) groups excluding carboxylic acids is 1. The van der Waals surface area contributed by atoms with E-state index in [9.17, 15) is 22.4 Å². The van der Waals surface area contributed by atoms with E-state index in [1.54, 1.807) is 6.92 Å². The van der Waals surface area contributed by atoms with Crippen molar-refractivity contribution in [1.29, 1.82) is 0 Å². The summed E-state index contributed by atoms with van der Waals surface area (Å²) in [5, 5.41) is 2.71. The van der Waals surface area contributed by atoms with Gasteiger partial charge in [0, 0.05) is 35.6 Å². The van der Waals surface area contributed by atoms with Crippen molar-refractivity contribution in [3.63, 3.8) is 0 Å². The molecule has 0 saturated carbocycles. The topological polar surface area (TPSA) is 71.0 Å². The molecule has 0 unspecified atom stereocenters. The van der Waals surface area contributed by atoms with E-state index in [1.165, 1.54) is 29.6 Å². The molecule has 34 heavy (non-hydrogen) atoms. The fraction of sp³-hybridized carbons (Fsp3) is 0.333. The fourth-order valence-electron chi connectivity index (χ4n) is 3.79. The summed E-state index contributed by atoms with van der Waals surface area (Å²) < 4.78 is 55.6. The summed E-state index contributed by atoms with van der Waals surface area (Å²) in [7, 11) is 0. The Balaban J connectivity index is 1.76. The summed E-state index contributed by atoms with van der Waals surface area (Å²) in [4.78, 5) is 27.2. The number of carbonyl (C=O) groups is 1. The number of alkyl halides is 2. The van der Waals surface area contributed by atoms with Gasteiger partial charge in [0.05, 0.1) is 36.1 Å². The molecule has 1 saturated heterocycles. The number of halogens is 4. The third-order valence-corrected chi connectivity index (χ3v) is 5.70. The quantitative estimate of drug-likeness (QED) is 0.498. The molecule has 178 valence electrons. The highest BCUT2D eigenvalue weighted by atomic mass is 19.3. The largest absolute Gasteiger partial charge is 0.320 e. The maximum Gasteiger partial charge on any atom is 0.272 e. The van der Waals surface area contributed by atoms with Crippen LogP contribution in [0.2, 0.25) is 0 Å². The molecule has 1 atom stereocenters. The average molecular weight is 473 g/mol. The van der Waals surface area contributed by atoms with Crippen LogP contribution in [0.4, 0.5) is 23.2 Å². The number of anilines is 1. The van der Waals surface area contributed by atoms with Gasteiger partial charge in [0.1, 0.15) is 17.5 Å². The lowest BCUT2D eigenvalue weighted by Crippen LogP contribution is -2.56. The van der Waals surface area contributed by atoms with E-state index >= 15 is 0 Å². The Morgan fingerprint density at radius 2 is 1.71 bits per heavy atom. The van der Waals surface area contributed by atoms with Gasteiger partial charge in [-0.3, -0.25) is 14.7 Å². The van der Waals surface area contributed by atoms with Gasteiger partial charge >= 0.3 is 0 Å². The minimum atomic E-state index is -2.81. The smallest absolute Gasteiger partial charge is 0.272 e. The average Bonchev–Trinajstić information content (AvgIpc) is 2.78. The van der Waals surface area contributed by atoms with E-state index in [4.69, 9.17) is 0 Å². The molecular formula is C24H23F4N5O. The predicted molar refractivity (Wildman–Crippen MR) is 119 cm³/mol. The summed E-state index contributed by atoms with van der Waals surface area (Å²) in [6.45, 7) is 4.56. The van der Waals surface area contributed by atoms with Crippen LogP contribution in [0.1, 0.15) is 54.6 Å². The van der Waals surface area contributed by atoms with Crippen LogP contribution >= 0.6 is 0 Å². The number of hydrogen-bond donors (Lipinski definition) is 1. The van der Waals surface area contributed by atoms with E-state index in [0.717, 1.165) is 18.2 Å². The summed E-state index contributed by atoms with van der Waals surface area (Å²) in [6, 6.07) is 3.79. The second-order valence-corrected chi connectivity index (χ2v) is 8.62. The molecular weight excluding hydrogens is 450 g/mol. The van der Waals surface area contributed by atoms with Crippen LogP contribution in [0, 0.1) is 11.6 Å². The normalized spacial score (nSPS) is 16.2. The lowest BCUT2D eigenvalue weighted by atomic mass is 9.98. The number of aromatic nitrogens is 3. The first-order chi connectivity index (χ1) is 16.1. The van der Waals surface area contributed by atoms with E-state index in [-0.39, 0.29) is 34.0 Å². The number of rotatable bonds is 6. The van der Waals surface area contributed by atoms with Crippen LogP contribution in [0.15, 0.2) is 42.9 Å². The Kier molecular flexibility index (Phi) is 6.35. The molecule has 1 N–H and O–H groups in total. The van der Waals surface area contributed by atoms with Gasteiger partial charge < -0.3 is 5.32 Å². The molecule has 0 spiro atoms. The van der Waals surface area contributed by atoms with Crippen LogP contribution < -0.4 is 5.32 Å². The van der Waals surface area contributed by atoms with E-state index in [0.29, 0.717) is 5.82 Å². The molecule has 1 aliphatic heterocycles. The van der Waals surface area contributed by atoms with E-state index in [2.05, 4.69) is 20.3 Å². The van der Waals surface area contributed by atoms with Crippen molar-refractivity contribution in [3.8, 4) is 11.1 Å². The second kappa shape index (κ2) is 9.09. The van der Waals surface area contributed by atoms with Crippen molar-refractivity contribution in [2.45, 2.75) is 38.7 Å². The Hall–Kier alpha value is -3.40. The van der Waals surface area contributed by atoms with Gasteiger partial charge in [0.25, 0.3) is 11.8 Å². The molecule has 10 heteroatoms. The SMILES string of the molecule is CC(C)c1ncc(C(=O)Nc2c(-c3cc(F)ccc3F)ccnc2[C@H](C)N2CC(F)(F)C2)cn1. The van der Waals surface area contributed by atoms with Gasteiger partial charge in [-0.1, -0.05) is 13.8 Å². The maximum atomic E-state index is 14.7. The lowest BCUT2D eigenvalue weighted by Gasteiger charge is -2.42. The molecule has 1 aromatic carbocycles. The molecule has 0 aliphatic carbocycles. The highest BCUT2D eigenvalue weighted by Gasteiger charge is 2.46. The molecule has 1 aliphatic rings. The van der Waals surface area contributed by atoms with Crippen molar-refractivity contribution in [2.75, 3.05) is 18.4 Å². The van der Waals surface area contributed by atoms with Crippen molar-refractivity contribution in [1.82, 2.24) is 19.9 Å². The molecule has 4 rings (SSSR count). The Labute approximate surface area is 194 Å². The zero-order valence-electron chi connectivity index (χ0n) is 18.8. The summed E-state index contributed by atoms with van der Waals surface area (Å²) in [5.41, 5.74) is 0.589. The number of likely N-dealkylation sites (tertiary alicyclic amines) is 1. The first-order valence-electron chi connectivity index (χ1n) is 10.8. The lowest BCUT2D eigenvalue weighted by molar-refractivity contribution is -0.144. The number of nitrogens with one attached hydrogen (secondary N) is 1. The molecule has 6 nitrogen and oxygen atoms in total. The molecule has 0 bridgehead atoms. The standard InChI is InChI=1S/C24H23F4N5O/c1-13(2)22-30-9-15(10-31-22)23(34)32-21-17(18-8-16(25)4-5-19(18)26)6-7-29-20(21)14(3)33-11-24(27,28)12-33/h4-10,13-14H,11-12H2,1-3H3,(H,32,34)/t14-/m0/s1. The van der Waals surface area contributed by atoms with Gasteiger partial charge in [-0.25, -0.2) is 27.5 Å². The molecule has 1 amide bonds. The molecule has 1 fully saturated rings. The minimum Gasteiger partial charge on any atom is -0.320 e. The zero-order valence-corrected chi connectivity index (χ0v) is 18.8. The minimum absolute atomic E-state index is 0.0695. The third kappa shape index (κ3) is 4.77. The summed E-state index contributed by atoms with van der Waals surface area (Å²) in [5.74, 6) is -4.14. The number of benzene rings is 1. The molecule has 0 radical (unpaired) electrons. The zero-order chi connectivity index (χ0) is 24.6. The number of hydrogen-bond acceptors (Lipinski definition) is 5. The highest BCUT2D eigenvalue weighted by molar-refractivity contribution is 6.06. The van der Waals surface area contributed by atoms with Gasteiger partial charge in [0.15, 0.2) is 0 Å². The predicted octanol–water partition coefficient (Wildman–Crippen LogP) is 5.20. The van der Waals surface area contributed by atoms with Crippen molar-refractivity contribution in [2.24, 2.45) is 0 Å². The van der Waals surface area contributed by atoms with E-state index < -0.39 is 42.6 Å². The number of pyridine rings is 1. The Morgan fingerprint density at radius 1 is 1.03 bits per heavy atom. The van der Waals surface area contributed by atoms with Crippen LogP contribution in [-0.4, -0.2) is 44.8 Å². The van der Waals surface area contributed by atoms with Crippen LogP contribution in [0.3, 0.4) is 0 Å². The van der Waals surface area contributed by atoms with Gasteiger partial charge in [-0.05, 0) is 31.2 Å². The van der Waals surface area contributed by atoms with Crippen LogP contribution in [0.5, 0.6) is 0 Å². The summed E-state index contributed by atoms with van der Waals surface area (Å²) in [6.07, 6.45) is 4.12. The van der Waals surface area contributed by atoms with E-state index in [1.807, 2.05) is 13.8 Å². The van der Waals surface area contributed by atoms with Crippen molar-refractivity contribution < 1.29 is 22.4 Å². The second-order valence-electron chi connectivity index (χ2n) is 8.62. The van der Waals surface area contributed by atoms with Gasteiger partial charge in [0.2, 0.25) is 0 Å².